The zero-order valence-corrected chi connectivity index (χ0v) is 11.3. The van der Waals surface area contributed by atoms with Gasteiger partial charge in [0.1, 0.15) is 5.69 Å². The molecule has 88 valence electrons. The normalized spacial score (nSPS) is 11.3. The van der Waals surface area contributed by atoms with E-state index in [0.29, 0.717) is 3.57 Å². The van der Waals surface area contributed by atoms with Crippen LogP contribution in [0.5, 0.6) is 5.75 Å². The Morgan fingerprint density at radius 3 is 2.62 bits per heavy atom. The summed E-state index contributed by atoms with van der Waals surface area (Å²) in [6.45, 7) is 0. The van der Waals surface area contributed by atoms with E-state index >= 15 is 0 Å². The number of carbonyl (C=O) groups is 1. The van der Waals surface area contributed by atoms with Gasteiger partial charge in [-0.25, -0.2) is 4.98 Å². The van der Waals surface area contributed by atoms with Crippen molar-refractivity contribution in [3.8, 4) is 5.75 Å². The lowest BCUT2D eigenvalue weighted by Gasteiger charge is -2.14. The van der Waals surface area contributed by atoms with Crippen LogP contribution >= 0.6 is 38.5 Å². The Morgan fingerprint density at radius 1 is 1.56 bits per heavy atom. The first-order valence-electron chi connectivity index (χ1n) is 3.83. The Bertz CT molecular complexity index is 411. The number of ether oxygens (including phenoxy) is 1. The highest BCUT2D eigenvalue weighted by molar-refractivity contribution is 14.1. The van der Waals surface area contributed by atoms with Gasteiger partial charge in [-0.3, -0.25) is 4.79 Å². The average molecular weight is 410 g/mol. The number of halogens is 5. The van der Waals surface area contributed by atoms with Crippen LogP contribution in [-0.4, -0.2) is 17.6 Å². The molecule has 3 nitrogen and oxygen atoms in total. The monoisotopic (exact) mass is 409 g/mol. The maximum atomic E-state index is 12.1. The predicted molar refractivity (Wildman–Crippen MR) is 61.7 cm³/mol. The maximum Gasteiger partial charge on any atom is 0.573 e. The molecule has 0 fully saturated rings. The molecule has 8 heteroatoms. The van der Waals surface area contributed by atoms with Crippen LogP contribution in [0.25, 0.3) is 0 Å². The van der Waals surface area contributed by atoms with Crippen LogP contribution in [0.4, 0.5) is 13.2 Å². The molecule has 0 saturated carbocycles. The van der Waals surface area contributed by atoms with Gasteiger partial charge in [0.15, 0.2) is 12.0 Å². The van der Waals surface area contributed by atoms with Crippen molar-refractivity contribution in [2.75, 3.05) is 0 Å². The lowest BCUT2D eigenvalue weighted by Crippen LogP contribution is -2.20. The Balaban J connectivity index is 3.31. The van der Waals surface area contributed by atoms with Crippen LogP contribution in [0.3, 0.4) is 0 Å². The van der Waals surface area contributed by atoms with E-state index in [9.17, 15) is 18.0 Å². The first-order chi connectivity index (χ1) is 7.39. The molecule has 0 amide bonds. The summed E-state index contributed by atoms with van der Waals surface area (Å²) in [7, 11) is 0. The Morgan fingerprint density at radius 2 is 2.19 bits per heavy atom. The molecule has 0 bridgehead atoms. The van der Waals surface area contributed by atoms with Crippen molar-refractivity contribution in [1.29, 1.82) is 0 Å². The van der Waals surface area contributed by atoms with E-state index in [4.69, 9.17) is 0 Å². The number of hydrogen-bond donors (Lipinski definition) is 0. The lowest BCUT2D eigenvalue weighted by molar-refractivity contribution is -0.275. The molecule has 1 aromatic rings. The number of aromatic nitrogens is 1. The highest BCUT2D eigenvalue weighted by atomic mass is 127. The van der Waals surface area contributed by atoms with E-state index < -0.39 is 12.1 Å². The second kappa shape index (κ2) is 5.30. The van der Waals surface area contributed by atoms with Gasteiger partial charge in [0.05, 0.1) is 0 Å². The molecule has 0 aliphatic rings. The van der Waals surface area contributed by atoms with Crippen LogP contribution in [0.15, 0.2) is 6.20 Å². The van der Waals surface area contributed by atoms with Crippen LogP contribution in [0, 0.1) is 3.57 Å². The van der Waals surface area contributed by atoms with Gasteiger partial charge in [0.25, 0.3) is 0 Å². The molecule has 0 aliphatic heterocycles. The summed E-state index contributed by atoms with van der Waals surface area (Å²) in [5, 5.41) is 0.139. The third kappa shape index (κ3) is 3.30. The topological polar surface area (TPSA) is 39.2 Å². The Labute approximate surface area is 111 Å². The molecule has 16 heavy (non-hydrogen) atoms. The van der Waals surface area contributed by atoms with E-state index in [0.717, 1.165) is 0 Å². The molecule has 1 heterocycles. The van der Waals surface area contributed by atoms with Gasteiger partial charge < -0.3 is 4.74 Å². The van der Waals surface area contributed by atoms with E-state index in [1.165, 1.54) is 6.20 Å². The fourth-order valence-electron chi connectivity index (χ4n) is 0.964. The van der Waals surface area contributed by atoms with Crippen molar-refractivity contribution < 1.29 is 22.7 Å². The zero-order chi connectivity index (χ0) is 12.3. The molecule has 1 aromatic heterocycles. The van der Waals surface area contributed by atoms with Crippen molar-refractivity contribution in [3.05, 3.63) is 21.0 Å². The van der Waals surface area contributed by atoms with Gasteiger partial charge >= 0.3 is 6.36 Å². The van der Waals surface area contributed by atoms with Crippen LogP contribution < -0.4 is 4.74 Å². The first kappa shape index (κ1) is 13.7. The van der Waals surface area contributed by atoms with Crippen LogP contribution in [0.1, 0.15) is 16.1 Å². The lowest BCUT2D eigenvalue weighted by atomic mass is 10.2. The van der Waals surface area contributed by atoms with Gasteiger partial charge in [-0.05, 0) is 22.6 Å². The largest absolute Gasteiger partial charge is 0.573 e. The molecule has 0 aromatic carbocycles. The van der Waals surface area contributed by atoms with E-state index in [1.807, 2.05) is 22.6 Å². The number of pyridine rings is 1. The number of hydrogen-bond acceptors (Lipinski definition) is 3. The molecule has 0 N–H and O–H groups in total. The van der Waals surface area contributed by atoms with Gasteiger partial charge in [0.2, 0.25) is 0 Å². The third-order valence-corrected chi connectivity index (χ3v) is 3.07. The van der Waals surface area contributed by atoms with Gasteiger partial charge in [-0.1, -0.05) is 15.9 Å². The highest BCUT2D eigenvalue weighted by Crippen LogP contribution is 2.32. The fourth-order valence-corrected chi connectivity index (χ4v) is 2.62. The average Bonchev–Trinajstić information content (AvgIpc) is 2.16. The molecule has 0 aliphatic carbocycles. The summed E-state index contributed by atoms with van der Waals surface area (Å²) >= 11 is 4.85. The number of alkyl halides is 4. The van der Waals surface area contributed by atoms with E-state index in [2.05, 4.69) is 25.7 Å². The molecule has 0 radical (unpaired) electrons. The molecule has 1 rings (SSSR count). The number of aldehydes is 1. The smallest absolute Gasteiger partial charge is 0.403 e. The minimum absolute atomic E-state index is 0.139. The predicted octanol–water partition coefficient (Wildman–Crippen LogP) is 3.29. The standard InChI is InChI=1S/C8H4BrF3INO2/c9-1-4-5(13)2-14-6(3-15)7(4)16-8(10,11)12/h2-3H,1H2. The Kier molecular flexibility index (Phi) is 4.53. The van der Waals surface area contributed by atoms with Crippen molar-refractivity contribution in [1.82, 2.24) is 4.98 Å². The third-order valence-electron chi connectivity index (χ3n) is 1.58. The molecular formula is C8H4BrF3INO2. The first-order valence-corrected chi connectivity index (χ1v) is 6.03. The van der Waals surface area contributed by atoms with Crippen molar-refractivity contribution in [2.24, 2.45) is 0 Å². The number of nitrogens with zero attached hydrogens (tertiary/aromatic N) is 1. The van der Waals surface area contributed by atoms with Crippen LogP contribution in [-0.2, 0) is 5.33 Å². The van der Waals surface area contributed by atoms with Crippen molar-refractivity contribution in [2.45, 2.75) is 11.7 Å². The molecule has 0 atom stereocenters. The van der Waals surface area contributed by atoms with Gasteiger partial charge in [0, 0.05) is 20.7 Å². The van der Waals surface area contributed by atoms with Crippen LogP contribution in [0.2, 0.25) is 0 Å². The molecule has 0 unspecified atom stereocenters. The second-order valence-electron chi connectivity index (χ2n) is 2.60. The maximum absolute atomic E-state index is 12.1. The number of carbonyl (C=O) groups excluding carboxylic acids is 1. The Hall–Kier alpha value is -0.380. The summed E-state index contributed by atoms with van der Waals surface area (Å²) in [6, 6.07) is 0. The summed E-state index contributed by atoms with van der Waals surface area (Å²) in [4.78, 5) is 14.1. The van der Waals surface area contributed by atoms with E-state index in [1.54, 1.807) is 0 Å². The molecule has 0 spiro atoms. The van der Waals surface area contributed by atoms with Gasteiger partial charge in [-0.2, -0.15) is 0 Å². The second-order valence-corrected chi connectivity index (χ2v) is 4.32. The van der Waals surface area contributed by atoms with Gasteiger partial charge in [-0.15, -0.1) is 13.2 Å². The fraction of sp³-hybridized carbons (Fsp3) is 0.250. The SMILES string of the molecule is O=Cc1ncc(I)c(CBr)c1OC(F)(F)F. The minimum atomic E-state index is -4.85. The summed E-state index contributed by atoms with van der Waals surface area (Å²) in [5.41, 5.74) is -0.123. The zero-order valence-electron chi connectivity index (χ0n) is 7.52. The highest BCUT2D eigenvalue weighted by Gasteiger charge is 2.34. The van der Waals surface area contributed by atoms with Crippen molar-refractivity contribution >= 4 is 44.8 Å². The molecular weight excluding hydrogens is 406 g/mol. The van der Waals surface area contributed by atoms with Crippen molar-refractivity contribution in [3.63, 3.8) is 0 Å². The molecule has 0 saturated heterocycles. The minimum Gasteiger partial charge on any atom is -0.403 e. The summed E-state index contributed by atoms with van der Waals surface area (Å²) in [5.74, 6) is -0.550. The van der Waals surface area contributed by atoms with E-state index in [-0.39, 0.29) is 22.9 Å². The summed E-state index contributed by atoms with van der Waals surface area (Å²) in [6.07, 6.45) is -3.31. The quantitative estimate of drug-likeness (QED) is 0.437. The number of rotatable bonds is 3. The summed E-state index contributed by atoms with van der Waals surface area (Å²) < 4.78 is 40.6.